The Hall–Kier alpha value is -0.0100. The second-order valence-electron chi connectivity index (χ2n) is 2.18. The predicted molar refractivity (Wildman–Crippen MR) is 43.0 cm³/mol. The van der Waals surface area contributed by atoms with Crippen molar-refractivity contribution in [2.24, 2.45) is 0 Å². The van der Waals surface area contributed by atoms with Crippen molar-refractivity contribution in [3.63, 3.8) is 0 Å². The lowest BCUT2D eigenvalue weighted by Gasteiger charge is -2.00. The molecule has 0 saturated carbocycles. The minimum absolute atomic E-state index is 0.739. The Balaban J connectivity index is 2.83. The van der Waals surface area contributed by atoms with E-state index in [1.807, 2.05) is 6.92 Å². The Labute approximate surface area is 62.1 Å². The van der Waals surface area contributed by atoms with E-state index in [0.717, 1.165) is 25.4 Å². The Morgan fingerprint density at radius 2 is 2.33 bits per heavy atom. The molecule has 0 aromatic rings. The van der Waals surface area contributed by atoms with Gasteiger partial charge in [0.15, 0.2) is 0 Å². The van der Waals surface area contributed by atoms with E-state index < -0.39 is 0 Å². The standard InChI is InChI=1S/C7H14ClN/c1-7(2)6-9-5-3-4-8/h9H,1,3-6H2,2H3. The first-order valence-electron chi connectivity index (χ1n) is 3.18. The summed E-state index contributed by atoms with van der Waals surface area (Å²) in [5, 5.41) is 3.20. The molecule has 0 aliphatic carbocycles. The van der Waals surface area contributed by atoms with Crippen LogP contribution in [0.4, 0.5) is 0 Å². The van der Waals surface area contributed by atoms with Crippen molar-refractivity contribution in [3.8, 4) is 0 Å². The van der Waals surface area contributed by atoms with Crippen LogP contribution < -0.4 is 5.32 Å². The van der Waals surface area contributed by atoms with Crippen molar-refractivity contribution in [2.75, 3.05) is 19.0 Å². The Kier molecular flexibility index (Phi) is 6.11. The molecule has 0 radical (unpaired) electrons. The largest absolute Gasteiger partial charge is 0.313 e. The normalized spacial score (nSPS) is 9.56. The van der Waals surface area contributed by atoms with E-state index in [-0.39, 0.29) is 0 Å². The van der Waals surface area contributed by atoms with Crippen LogP contribution in [0.2, 0.25) is 0 Å². The lowest BCUT2D eigenvalue weighted by Crippen LogP contribution is -2.17. The van der Waals surface area contributed by atoms with Gasteiger partial charge in [-0.05, 0) is 19.9 Å². The van der Waals surface area contributed by atoms with Gasteiger partial charge in [-0.1, -0.05) is 12.2 Å². The van der Waals surface area contributed by atoms with Crippen molar-refractivity contribution in [1.82, 2.24) is 5.32 Å². The van der Waals surface area contributed by atoms with E-state index in [2.05, 4.69) is 11.9 Å². The Morgan fingerprint density at radius 1 is 1.67 bits per heavy atom. The topological polar surface area (TPSA) is 12.0 Å². The SMILES string of the molecule is C=C(C)CNCCCCl. The highest BCUT2D eigenvalue weighted by Gasteiger charge is 1.84. The zero-order chi connectivity index (χ0) is 7.11. The minimum atomic E-state index is 0.739. The Bertz CT molecular complexity index is 81.0. The summed E-state index contributed by atoms with van der Waals surface area (Å²) in [4.78, 5) is 0. The second kappa shape index (κ2) is 6.12. The summed E-state index contributed by atoms with van der Waals surface area (Å²) in [6, 6.07) is 0. The molecule has 0 saturated heterocycles. The molecule has 0 unspecified atom stereocenters. The first-order chi connectivity index (χ1) is 4.27. The first-order valence-corrected chi connectivity index (χ1v) is 3.72. The predicted octanol–water partition coefficient (Wildman–Crippen LogP) is 1.78. The molecule has 0 rings (SSSR count). The fourth-order valence-corrected chi connectivity index (χ4v) is 0.627. The fourth-order valence-electron chi connectivity index (χ4n) is 0.494. The number of nitrogens with one attached hydrogen (secondary N) is 1. The van der Waals surface area contributed by atoms with Gasteiger partial charge in [-0.25, -0.2) is 0 Å². The van der Waals surface area contributed by atoms with Gasteiger partial charge in [0, 0.05) is 12.4 Å². The summed E-state index contributed by atoms with van der Waals surface area (Å²) in [6.07, 6.45) is 1.04. The average Bonchev–Trinajstić information content (AvgIpc) is 1.80. The fraction of sp³-hybridized carbons (Fsp3) is 0.714. The van der Waals surface area contributed by atoms with Crippen LogP contribution >= 0.6 is 11.6 Å². The Morgan fingerprint density at radius 3 is 2.78 bits per heavy atom. The third kappa shape index (κ3) is 7.99. The number of hydrogen-bond donors (Lipinski definition) is 1. The molecule has 9 heavy (non-hydrogen) atoms. The molecule has 0 atom stereocenters. The molecular formula is C7H14ClN. The van der Waals surface area contributed by atoms with Crippen LogP contribution in [0.25, 0.3) is 0 Å². The number of hydrogen-bond acceptors (Lipinski definition) is 1. The smallest absolute Gasteiger partial charge is 0.0235 e. The van der Waals surface area contributed by atoms with Gasteiger partial charge in [0.25, 0.3) is 0 Å². The zero-order valence-electron chi connectivity index (χ0n) is 5.91. The summed E-state index contributed by atoms with van der Waals surface area (Å²) in [5.41, 5.74) is 1.17. The zero-order valence-corrected chi connectivity index (χ0v) is 6.67. The van der Waals surface area contributed by atoms with Crippen LogP contribution in [-0.2, 0) is 0 Å². The number of alkyl halides is 1. The van der Waals surface area contributed by atoms with Gasteiger partial charge in [-0.3, -0.25) is 0 Å². The van der Waals surface area contributed by atoms with E-state index >= 15 is 0 Å². The van der Waals surface area contributed by atoms with E-state index in [1.54, 1.807) is 0 Å². The molecule has 0 aliphatic rings. The molecule has 1 nitrogen and oxygen atoms in total. The molecule has 0 spiro atoms. The van der Waals surface area contributed by atoms with Crippen LogP contribution in [0.1, 0.15) is 13.3 Å². The van der Waals surface area contributed by atoms with Gasteiger partial charge in [0.2, 0.25) is 0 Å². The molecule has 54 valence electrons. The maximum atomic E-state index is 5.45. The van der Waals surface area contributed by atoms with Crippen LogP contribution in [0.15, 0.2) is 12.2 Å². The summed E-state index contributed by atoms with van der Waals surface area (Å²) in [6.45, 7) is 7.67. The monoisotopic (exact) mass is 147 g/mol. The quantitative estimate of drug-likeness (QED) is 0.355. The maximum Gasteiger partial charge on any atom is 0.0235 e. The second-order valence-corrected chi connectivity index (χ2v) is 2.55. The molecule has 0 bridgehead atoms. The van der Waals surface area contributed by atoms with Gasteiger partial charge in [-0.2, -0.15) is 0 Å². The maximum absolute atomic E-state index is 5.45. The van der Waals surface area contributed by atoms with Crippen LogP contribution in [0.5, 0.6) is 0 Å². The van der Waals surface area contributed by atoms with Crippen LogP contribution in [0.3, 0.4) is 0 Å². The molecule has 0 aliphatic heterocycles. The highest BCUT2D eigenvalue weighted by atomic mass is 35.5. The molecular weight excluding hydrogens is 134 g/mol. The third-order valence-electron chi connectivity index (χ3n) is 0.914. The average molecular weight is 148 g/mol. The number of halogens is 1. The molecule has 2 heteroatoms. The summed E-state index contributed by atoms with van der Waals surface area (Å²) in [7, 11) is 0. The van der Waals surface area contributed by atoms with Crippen molar-refractivity contribution >= 4 is 11.6 Å². The van der Waals surface area contributed by atoms with E-state index in [1.165, 1.54) is 5.57 Å². The highest BCUT2D eigenvalue weighted by Crippen LogP contribution is 1.84. The molecule has 0 heterocycles. The van der Waals surface area contributed by atoms with Gasteiger partial charge in [0.1, 0.15) is 0 Å². The van der Waals surface area contributed by atoms with Crippen molar-refractivity contribution in [1.29, 1.82) is 0 Å². The van der Waals surface area contributed by atoms with Gasteiger partial charge in [0.05, 0.1) is 0 Å². The lowest BCUT2D eigenvalue weighted by atomic mass is 10.3. The van der Waals surface area contributed by atoms with Gasteiger partial charge < -0.3 is 5.32 Å². The van der Waals surface area contributed by atoms with Gasteiger partial charge in [-0.15, -0.1) is 11.6 Å². The van der Waals surface area contributed by atoms with E-state index in [9.17, 15) is 0 Å². The minimum Gasteiger partial charge on any atom is -0.313 e. The van der Waals surface area contributed by atoms with Crippen LogP contribution in [-0.4, -0.2) is 19.0 Å². The summed E-state index contributed by atoms with van der Waals surface area (Å²) in [5.74, 6) is 0.739. The van der Waals surface area contributed by atoms with Crippen molar-refractivity contribution in [3.05, 3.63) is 12.2 Å². The molecule has 0 aromatic heterocycles. The molecule has 1 N–H and O–H groups in total. The molecule has 0 amide bonds. The summed E-state index contributed by atoms with van der Waals surface area (Å²) >= 11 is 5.45. The van der Waals surface area contributed by atoms with E-state index in [4.69, 9.17) is 11.6 Å². The van der Waals surface area contributed by atoms with Gasteiger partial charge >= 0.3 is 0 Å². The first kappa shape index (κ1) is 8.99. The van der Waals surface area contributed by atoms with Crippen molar-refractivity contribution in [2.45, 2.75) is 13.3 Å². The molecule has 0 aromatic carbocycles. The summed E-state index contributed by atoms with van der Waals surface area (Å²) < 4.78 is 0. The van der Waals surface area contributed by atoms with Crippen molar-refractivity contribution < 1.29 is 0 Å². The third-order valence-corrected chi connectivity index (χ3v) is 1.18. The lowest BCUT2D eigenvalue weighted by molar-refractivity contribution is 0.717. The highest BCUT2D eigenvalue weighted by molar-refractivity contribution is 6.17. The molecule has 0 fully saturated rings. The van der Waals surface area contributed by atoms with E-state index in [0.29, 0.717) is 0 Å². The van der Waals surface area contributed by atoms with Crippen LogP contribution in [0, 0.1) is 0 Å². The number of rotatable bonds is 5.